The first kappa shape index (κ1) is 12.1. The molecule has 3 nitrogen and oxygen atoms in total. The van der Waals surface area contributed by atoms with E-state index in [2.05, 4.69) is 0 Å². The molecule has 0 aromatic heterocycles. The van der Waals surface area contributed by atoms with Crippen LogP contribution >= 0.6 is 0 Å². The molecule has 0 rings (SSSR count). The number of carboxylic acid groups (broad SMARTS) is 1. The van der Waals surface area contributed by atoms with Crippen LogP contribution in [-0.4, -0.2) is 16.7 Å². The van der Waals surface area contributed by atoms with Crippen LogP contribution in [-0.2, 0) is 4.79 Å². The predicted octanol–water partition coefficient (Wildman–Crippen LogP) is -4.10. The van der Waals surface area contributed by atoms with Crippen molar-refractivity contribution in [3.63, 3.8) is 0 Å². The minimum atomic E-state index is -1.65. The molecular formula is C5H9NaO3. The number of aliphatic carboxylic acids is 1. The Bertz CT molecular complexity index is 100. The fourth-order valence-electron chi connectivity index (χ4n) is 0.144. The normalized spacial score (nSPS) is 15.4. The molecule has 0 radical (unpaired) electrons. The van der Waals surface area contributed by atoms with Gasteiger partial charge in [0, 0.05) is 0 Å². The standard InChI is InChI=1S/C5H10O3.Na/c1-3-5(2,8)4(6)7;/h8H,3H2,1-2H3,(H,6,7);/q;+1/p-1/t5-;/m1./s1. The van der Waals surface area contributed by atoms with Crippen LogP contribution in [0.15, 0.2) is 0 Å². The van der Waals surface area contributed by atoms with E-state index in [1.165, 1.54) is 6.92 Å². The second-order valence-corrected chi connectivity index (χ2v) is 1.91. The van der Waals surface area contributed by atoms with E-state index < -0.39 is 11.6 Å². The summed E-state index contributed by atoms with van der Waals surface area (Å²) in [4.78, 5) is 9.89. The molecule has 1 N–H and O–H groups in total. The molecule has 0 aromatic carbocycles. The SMILES string of the molecule is CC[C@@](C)(O)C(=O)[O-].[Na+]. The number of hydrogen-bond donors (Lipinski definition) is 1. The largest absolute Gasteiger partial charge is 1.00 e. The molecule has 0 bridgehead atoms. The molecule has 0 spiro atoms. The quantitative estimate of drug-likeness (QED) is 0.397. The summed E-state index contributed by atoms with van der Waals surface area (Å²) in [6.07, 6.45) is 0.176. The van der Waals surface area contributed by atoms with Crippen LogP contribution in [0.2, 0.25) is 0 Å². The third-order valence-corrected chi connectivity index (χ3v) is 1.13. The van der Waals surface area contributed by atoms with E-state index in [1.54, 1.807) is 6.92 Å². The third kappa shape index (κ3) is 3.92. The molecule has 0 saturated carbocycles. The maximum atomic E-state index is 9.89. The average molecular weight is 140 g/mol. The topological polar surface area (TPSA) is 60.4 Å². The van der Waals surface area contributed by atoms with Gasteiger partial charge in [-0.1, -0.05) is 6.92 Å². The van der Waals surface area contributed by atoms with Crippen LogP contribution < -0.4 is 34.7 Å². The first-order valence-corrected chi connectivity index (χ1v) is 2.44. The van der Waals surface area contributed by atoms with Gasteiger partial charge in [0.05, 0.1) is 5.97 Å². The van der Waals surface area contributed by atoms with Crippen molar-refractivity contribution in [3.8, 4) is 0 Å². The zero-order valence-electron chi connectivity index (χ0n) is 5.97. The summed E-state index contributed by atoms with van der Waals surface area (Å²) in [6.45, 7) is 2.79. The molecule has 4 heteroatoms. The Hall–Kier alpha value is 0.430. The van der Waals surface area contributed by atoms with Crippen LogP contribution in [0.4, 0.5) is 0 Å². The first-order chi connectivity index (χ1) is 3.50. The van der Waals surface area contributed by atoms with Crippen molar-refractivity contribution >= 4 is 5.97 Å². The van der Waals surface area contributed by atoms with E-state index in [1.807, 2.05) is 0 Å². The van der Waals surface area contributed by atoms with Gasteiger partial charge in [-0.25, -0.2) is 0 Å². The van der Waals surface area contributed by atoms with E-state index in [4.69, 9.17) is 5.11 Å². The number of carbonyl (C=O) groups excluding carboxylic acids is 1. The minimum absolute atomic E-state index is 0. The summed E-state index contributed by atoms with van der Waals surface area (Å²) in [6, 6.07) is 0. The molecule has 0 aliphatic carbocycles. The van der Waals surface area contributed by atoms with E-state index in [0.29, 0.717) is 0 Å². The smallest absolute Gasteiger partial charge is 0.547 e. The van der Waals surface area contributed by atoms with E-state index in [0.717, 1.165) is 0 Å². The van der Waals surface area contributed by atoms with E-state index >= 15 is 0 Å². The maximum Gasteiger partial charge on any atom is 1.00 e. The van der Waals surface area contributed by atoms with Gasteiger partial charge in [-0.2, -0.15) is 0 Å². The van der Waals surface area contributed by atoms with Gasteiger partial charge in [-0.15, -0.1) is 0 Å². The fourth-order valence-corrected chi connectivity index (χ4v) is 0.144. The summed E-state index contributed by atoms with van der Waals surface area (Å²) in [5.41, 5.74) is -1.65. The number of carboxylic acids is 1. The Labute approximate surface area is 76.4 Å². The van der Waals surface area contributed by atoms with Crippen LogP contribution in [0.5, 0.6) is 0 Å². The van der Waals surface area contributed by atoms with Crippen LogP contribution in [0.25, 0.3) is 0 Å². The summed E-state index contributed by atoms with van der Waals surface area (Å²) >= 11 is 0. The summed E-state index contributed by atoms with van der Waals surface area (Å²) < 4.78 is 0. The molecule has 0 unspecified atom stereocenters. The second-order valence-electron chi connectivity index (χ2n) is 1.91. The summed E-state index contributed by atoms with van der Waals surface area (Å²) in [7, 11) is 0. The van der Waals surface area contributed by atoms with Crippen molar-refractivity contribution in [2.24, 2.45) is 0 Å². The molecule has 0 fully saturated rings. The van der Waals surface area contributed by atoms with Crippen molar-refractivity contribution in [2.75, 3.05) is 0 Å². The molecule has 0 aliphatic heterocycles. The number of hydrogen-bond acceptors (Lipinski definition) is 3. The van der Waals surface area contributed by atoms with E-state index in [9.17, 15) is 9.90 Å². The molecule has 0 saturated heterocycles. The minimum Gasteiger partial charge on any atom is -0.547 e. The number of aliphatic hydroxyl groups is 1. The van der Waals surface area contributed by atoms with Crippen LogP contribution in [0.3, 0.4) is 0 Å². The van der Waals surface area contributed by atoms with Crippen molar-refractivity contribution in [1.82, 2.24) is 0 Å². The van der Waals surface area contributed by atoms with Crippen LogP contribution in [0.1, 0.15) is 20.3 Å². The van der Waals surface area contributed by atoms with E-state index in [-0.39, 0.29) is 36.0 Å². The second kappa shape index (κ2) is 4.28. The van der Waals surface area contributed by atoms with Gasteiger partial charge in [-0.05, 0) is 13.3 Å². The Morgan fingerprint density at radius 1 is 1.78 bits per heavy atom. The number of carbonyl (C=O) groups is 1. The van der Waals surface area contributed by atoms with Crippen molar-refractivity contribution in [1.29, 1.82) is 0 Å². The zero-order chi connectivity index (χ0) is 6.78. The maximum absolute atomic E-state index is 9.89. The van der Waals surface area contributed by atoms with Crippen LogP contribution in [0, 0.1) is 0 Å². The Balaban J connectivity index is 0. The molecule has 0 heterocycles. The molecule has 0 aromatic rings. The van der Waals surface area contributed by atoms with Crippen molar-refractivity contribution < 1.29 is 44.6 Å². The Morgan fingerprint density at radius 3 is 2.11 bits per heavy atom. The Morgan fingerprint density at radius 2 is 2.11 bits per heavy atom. The van der Waals surface area contributed by atoms with Gasteiger partial charge < -0.3 is 15.0 Å². The number of rotatable bonds is 2. The Kier molecular flexibility index (Phi) is 5.77. The molecule has 1 atom stereocenters. The van der Waals surface area contributed by atoms with Gasteiger partial charge >= 0.3 is 29.6 Å². The fraction of sp³-hybridized carbons (Fsp3) is 0.800. The van der Waals surface area contributed by atoms with Gasteiger partial charge in [0.25, 0.3) is 0 Å². The zero-order valence-corrected chi connectivity index (χ0v) is 7.97. The monoisotopic (exact) mass is 140 g/mol. The van der Waals surface area contributed by atoms with Gasteiger partial charge in [0.2, 0.25) is 0 Å². The van der Waals surface area contributed by atoms with Crippen molar-refractivity contribution in [2.45, 2.75) is 25.9 Å². The predicted molar refractivity (Wildman–Crippen MR) is 25.9 cm³/mol. The van der Waals surface area contributed by atoms with Gasteiger partial charge in [0.1, 0.15) is 5.60 Å². The molecular weight excluding hydrogens is 131 g/mol. The third-order valence-electron chi connectivity index (χ3n) is 1.13. The average Bonchev–Trinajstić information content (AvgIpc) is 1.67. The summed E-state index contributed by atoms with van der Waals surface area (Å²) in [5.74, 6) is -1.42. The summed E-state index contributed by atoms with van der Waals surface area (Å²) in [5, 5.41) is 18.6. The molecule has 9 heavy (non-hydrogen) atoms. The van der Waals surface area contributed by atoms with Gasteiger partial charge in [-0.3, -0.25) is 0 Å². The molecule has 48 valence electrons. The molecule has 0 amide bonds. The molecule has 0 aliphatic rings. The van der Waals surface area contributed by atoms with Gasteiger partial charge in [0.15, 0.2) is 0 Å². The first-order valence-electron chi connectivity index (χ1n) is 2.44. The van der Waals surface area contributed by atoms with Crippen molar-refractivity contribution in [3.05, 3.63) is 0 Å².